The molecule has 1 N–H and O–H groups in total. The van der Waals surface area contributed by atoms with Crippen molar-refractivity contribution in [2.24, 2.45) is 0 Å². The monoisotopic (exact) mass is 466 g/mol. The minimum atomic E-state index is -0.428. The van der Waals surface area contributed by atoms with Gasteiger partial charge in [0.15, 0.2) is 0 Å². The molecule has 0 radical (unpaired) electrons. The molecule has 2 aromatic carbocycles. The Bertz CT molecular complexity index is 1090. The largest absolute Gasteiger partial charge is 0.457 e. The van der Waals surface area contributed by atoms with Crippen LogP contribution < -0.4 is 14.6 Å². The second kappa shape index (κ2) is 10.8. The summed E-state index contributed by atoms with van der Waals surface area (Å²) in [4.78, 5) is 18.3. The topological polar surface area (TPSA) is 61.2 Å². The average Bonchev–Trinajstić information content (AvgIpc) is 2.82. The fraction of sp³-hybridized carbons (Fsp3) is 0.320. The van der Waals surface area contributed by atoms with E-state index in [0.29, 0.717) is 17.0 Å². The lowest BCUT2D eigenvalue weighted by molar-refractivity contribution is 0.157. The number of anilines is 1. The number of pyridine rings is 1. The van der Waals surface area contributed by atoms with Gasteiger partial charge in [0.1, 0.15) is 17.2 Å². The number of hydrogen-bond donors (Lipinski definition) is 1. The molecule has 3 aromatic rings. The first-order chi connectivity index (χ1) is 16.0. The quantitative estimate of drug-likeness (QED) is 0.398. The highest BCUT2D eigenvalue weighted by molar-refractivity contribution is 8.00. The van der Waals surface area contributed by atoms with Gasteiger partial charge >= 0.3 is 5.56 Å². The standard InChI is InChI=1S/C25H30N4O3S/c1-20-5-7-21(8-6-20)32-22-9-11-23(12-10-22)33-29(24-4-3-13-28(31)25(24)30)19-18-27-16-14-26(2)15-17-27/h3-13,31H,14-19H2,1-2H3. The predicted octanol–water partition coefficient (Wildman–Crippen LogP) is 3.95. The van der Waals surface area contributed by atoms with Crippen LogP contribution in [0.5, 0.6) is 11.5 Å². The lowest BCUT2D eigenvalue weighted by Crippen LogP contribution is -2.46. The van der Waals surface area contributed by atoms with Crippen LogP contribution in [0.25, 0.3) is 0 Å². The Labute approximate surface area is 198 Å². The number of rotatable bonds is 8. The third kappa shape index (κ3) is 6.31. The molecule has 174 valence electrons. The van der Waals surface area contributed by atoms with Crippen molar-refractivity contribution in [3.8, 4) is 11.5 Å². The summed E-state index contributed by atoms with van der Waals surface area (Å²) in [6, 6.07) is 19.2. The van der Waals surface area contributed by atoms with Crippen molar-refractivity contribution in [2.45, 2.75) is 11.8 Å². The van der Waals surface area contributed by atoms with Gasteiger partial charge in [0.25, 0.3) is 0 Å². The van der Waals surface area contributed by atoms with E-state index in [4.69, 9.17) is 4.74 Å². The van der Waals surface area contributed by atoms with E-state index < -0.39 is 5.56 Å². The van der Waals surface area contributed by atoms with Crippen molar-refractivity contribution in [3.63, 3.8) is 0 Å². The molecule has 1 aliphatic rings. The molecule has 0 saturated carbocycles. The molecular formula is C25H30N4O3S. The number of hydrogen-bond acceptors (Lipinski definition) is 7. The third-order valence-corrected chi connectivity index (χ3v) is 6.77. The lowest BCUT2D eigenvalue weighted by atomic mass is 10.2. The Hall–Kier alpha value is -2.94. The maximum atomic E-state index is 12.6. The molecule has 0 bridgehead atoms. The summed E-state index contributed by atoms with van der Waals surface area (Å²) >= 11 is 1.49. The van der Waals surface area contributed by atoms with Crippen molar-refractivity contribution in [3.05, 3.63) is 82.8 Å². The van der Waals surface area contributed by atoms with E-state index in [1.165, 1.54) is 23.7 Å². The second-order valence-corrected chi connectivity index (χ2v) is 9.36. The van der Waals surface area contributed by atoms with Crippen molar-refractivity contribution >= 4 is 17.6 Å². The van der Waals surface area contributed by atoms with Gasteiger partial charge in [-0.15, -0.1) is 0 Å². The van der Waals surface area contributed by atoms with Gasteiger partial charge in [-0.3, -0.25) is 9.69 Å². The van der Waals surface area contributed by atoms with Crippen LogP contribution in [0.1, 0.15) is 5.56 Å². The summed E-state index contributed by atoms with van der Waals surface area (Å²) < 4.78 is 8.53. The molecule has 1 aromatic heterocycles. The van der Waals surface area contributed by atoms with Crippen LogP contribution in [0, 0.1) is 6.92 Å². The molecule has 0 spiro atoms. The van der Waals surface area contributed by atoms with Crippen LogP contribution in [-0.2, 0) is 0 Å². The van der Waals surface area contributed by atoms with Gasteiger partial charge in [-0.2, -0.15) is 4.73 Å². The number of ether oxygens (including phenoxy) is 1. The third-order valence-electron chi connectivity index (χ3n) is 5.69. The van der Waals surface area contributed by atoms with Crippen molar-refractivity contribution in [1.82, 2.24) is 14.5 Å². The summed E-state index contributed by atoms with van der Waals surface area (Å²) in [5.74, 6) is 1.55. The van der Waals surface area contributed by atoms with Crippen LogP contribution in [0.15, 0.2) is 76.6 Å². The summed E-state index contributed by atoms with van der Waals surface area (Å²) in [6.45, 7) is 7.67. The Kier molecular flexibility index (Phi) is 7.59. The zero-order valence-corrected chi connectivity index (χ0v) is 19.9. The van der Waals surface area contributed by atoms with E-state index in [1.54, 1.807) is 12.1 Å². The summed E-state index contributed by atoms with van der Waals surface area (Å²) in [5.41, 5.74) is 1.22. The predicted molar refractivity (Wildman–Crippen MR) is 133 cm³/mol. The van der Waals surface area contributed by atoms with E-state index in [-0.39, 0.29) is 0 Å². The smallest absolute Gasteiger partial charge is 0.307 e. The number of aryl methyl sites for hydroxylation is 1. The van der Waals surface area contributed by atoms with E-state index in [1.807, 2.05) is 59.8 Å². The zero-order valence-electron chi connectivity index (χ0n) is 19.1. The van der Waals surface area contributed by atoms with E-state index in [2.05, 4.69) is 16.8 Å². The van der Waals surface area contributed by atoms with Crippen molar-refractivity contribution < 1.29 is 9.94 Å². The first-order valence-electron chi connectivity index (χ1n) is 11.1. The lowest BCUT2D eigenvalue weighted by Gasteiger charge is -2.34. The van der Waals surface area contributed by atoms with Gasteiger partial charge in [0, 0.05) is 50.4 Å². The van der Waals surface area contributed by atoms with E-state index in [9.17, 15) is 10.0 Å². The van der Waals surface area contributed by atoms with Crippen molar-refractivity contribution in [2.75, 3.05) is 50.6 Å². The van der Waals surface area contributed by atoms with Crippen molar-refractivity contribution in [1.29, 1.82) is 0 Å². The highest BCUT2D eigenvalue weighted by Crippen LogP contribution is 2.29. The first-order valence-corrected chi connectivity index (χ1v) is 11.9. The minimum Gasteiger partial charge on any atom is -0.457 e. The minimum absolute atomic E-state index is 0.428. The molecule has 0 amide bonds. The highest BCUT2D eigenvalue weighted by atomic mass is 32.2. The molecule has 33 heavy (non-hydrogen) atoms. The molecule has 8 heteroatoms. The van der Waals surface area contributed by atoms with Crippen LogP contribution in [0.3, 0.4) is 0 Å². The van der Waals surface area contributed by atoms with Crippen LogP contribution in [-0.4, -0.2) is 66.1 Å². The average molecular weight is 467 g/mol. The number of likely N-dealkylation sites (N-methyl/N-ethyl adjacent to an activating group) is 1. The summed E-state index contributed by atoms with van der Waals surface area (Å²) in [7, 11) is 2.14. The number of nitrogens with zero attached hydrogens (tertiary/aromatic N) is 4. The molecule has 1 aliphatic heterocycles. The molecule has 0 atom stereocenters. The van der Waals surface area contributed by atoms with Gasteiger partial charge in [0.2, 0.25) is 0 Å². The maximum absolute atomic E-state index is 12.6. The number of aromatic nitrogens is 1. The molecule has 1 saturated heterocycles. The Morgan fingerprint density at radius 3 is 2.27 bits per heavy atom. The Morgan fingerprint density at radius 2 is 1.61 bits per heavy atom. The molecule has 4 rings (SSSR count). The molecule has 1 fully saturated rings. The number of piperazine rings is 1. The first kappa shape index (κ1) is 23.2. The van der Waals surface area contributed by atoms with Crippen LogP contribution in [0.2, 0.25) is 0 Å². The van der Waals surface area contributed by atoms with Gasteiger partial charge in [0.05, 0.1) is 0 Å². The summed E-state index contributed by atoms with van der Waals surface area (Å²) in [6.07, 6.45) is 1.35. The van der Waals surface area contributed by atoms with E-state index in [0.717, 1.165) is 49.1 Å². The van der Waals surface area contributed by atoms with Gasteiger partial charge in [-0.25, -0.2) is 0 Å². The maximum Gasteiger partial charge on any atom is 0.307 e. The highest BCUT2D eigenvalue weighted by Gasteiger charge is 2.18. The fourth-order valence-electron chi connectivity index (χ4n) is 3.62. The SMILES string of the molecule is Cc1ccc(Oc2ccc(SN(CCN3CCN(C)CC3)c3cccn(O)c3=O)cc2)cc1. The fourth-order valence-corrected chi connectivity index (χ4v) is 4.54. The molecular weight excluding hydrogens is 436 g/mol. The summed E-state index contributed by atoms with van der Waals surface area (Å²) in [5, 5.41) is 9.89. The Balaban J connectivity index is 1.46. The normalized spacial score (nSPS) is 14.8. The molecule has 0 aliphatic carbocycles. The van der Waals surface area contributed by atoms with E-state index >= 15 is 0 Å². The molecule has 2 heterocycles. The molecule has 0 unspecified atom stereocenters. The molecule has 7 nitrogen and oxygen atoms in total. The number of benzene rings is 2. The van der Waals surface area contributed by atoms with Crippen LogP contribution >= 0.6 is 11.9 Å². The van der Waals surface area contributed by atoms with Gasteiger partial charge in [-0.1, -0.05) is 17.7 Å². The van der Waals surface area contributed by atoms with Gasteiger partial charge in [-0.05, 0) is 74.5 Å². The zero-order chi connectivity index (χ0) is 23.2. The van der Waals surface area contributed by atoms with Gasteiger partial charge < -0.3 is 19.1 Å². The van der Waals surface area contributed by atoms with Crippen LogP contribution in [0.4, 0.5) is 5.69 Å². The second-order valence-electron chi connectivity index (χ2n) is 8.27. The Morgan fingerprint density at radius 1 is 0.970 bits per heavy atom.